The van der Waals surface area contributed by atoms with Gasteiger partial charge in [-0.25, -0.2) is 4.99 Å². The Morgan fingerprint density at radius 2 is 1.96 bits per heavy atom. The van der Waals surface area contributed by atoms with Crippen molar-refractivity contribution in [3.63, 3.8) is 0 Å². The number of guanidine groups is 1. The molecule has 154 valence electrons. The summed E-state index contributed by atoms with van der Waals surface area (Å²) in [6.07, 6.45) is 5.61. The Morgan fingerprint density at radius 1 is 1.26 bits per heavy atom. The topological polar surface area (TPSA) is 85.8 Å². The molecule has 6 nitrogen and oxygen atoms in total. The summed E-state index contributed by atoms with van der Waals surface area (Å²) in [7, 11) is 0. The minimum atomic E-state index is -0.989. The molecule has 4 N–H and O–H groups in total. The van der Waals surface area contributed by atoms with Crippen molar-refractivity contribution >= 4 is 47.2 Å². The fraction of sp³-hybridized carbons (Fsp3) is 0.684. The summed E-state index contributed by atoms with van der Waals surface area (Å²) in [5, 5.41) is 23.9. The molecule has 8 heteroatoms. The van der Waals surface area contributed by atoms with E-state index >= 15 is 0 Å². The van der Waals surface area contributed by atoms with Gasteiger partial charge in [0, 0.05) is 25.6 Å². The van der Waals surface area contributed by atoms with Gasteiger partial charge in [0.1, 0.15) is 5.60 Å². The van der Waals surface area contributed by atoms with Crippen molar-refractivity contribution in [2.24, 2.45) is 10.9 Å². The summed E-state index contributed by atoms with van der Waals surface area (Å²) in [5.74, 6) is 1.01. The van der Waals surface area contributed by atoms with E-state index in [-0.39, 0.29) is 42.3 Å². The van der Waals surface area contributed by atoms with Gasteiger partial charge in [0.25, 0.3) is 0 Å². The van der Waals surface area contributed by atoms with Gasteiger partial charge in [-0.15, -0.1) is 24.0 Å². The van der Waals surface area contributed by atoms with Gasteiger partial charge in [-0.2, -0.15) is 11.3 Å². The van der Waals surface area contributed by atoms with E-state index in [9.17, 15) is 9.90 Å². The van der Waals surface area contributed by atoms with E-state index in [1.807, 2.05) is 23.8 Å². The number of hydrogen-bond donors (Lipinski definition) is 4. The standard InChI is InChI=1S/C19H32N4O2S.HI/c1-3-20-18(23-14-19(2,25)16-9-12-26-13-16)22-11-10-21-17(24)15-7-5-4-6-8-15;/h9,12-13,15,25H,3-8,10-11,14H2,1-2H3,(H,21,24)(H2,20,22,23);1H. The molecule has 1 aromatic rings. The average Bonchev–Trinajstić information content (AvgIpc) is 3.19. The minimum absolute atomic E-state index is 0. The molecule has 0 aliphatic heterocycles. The summed E-state index contributed by atoms with van der Waals surface area (Å²) < 4.78 is 0. The number of hydrogen-bond acceptors (Lipinski definition) is 4. The van der Waals surface area contributed by atoms with E-state index in [1.165, 1.54) is 6.42 Å². The van der Waals surface area contributed by atoms with Crippen LogP contribution in [0.5, 0.6) is 0 Å². The van der Waals surface area contributed by atoms with E-state index in [0.29, 0.717) is 19.0 Å². The second kappa shape index (κ2) is 12.6. The zero-order valence-electron chi connectivity index (χ0n) is 16.3. The molecule has 1 fully saturated rings. The summed E-state index contributed by atoms with van der Waals surface area (Å²) in [5.41, 5.74) is -0.112. The molecule has 1 aromatic heterocycles. The third kappa shape index (κ3) is 8.35. The second-order valence-corrected chi connectivity index (χ2v) is 7.81. The molecule has 0 saturated heterocycles. The average molecular weight is 508 g/mol. The van der Waals surface area contributed by atoms with Crippen LogP contribution in [0.15, 0.2) is 21.8 Å². The van der Waals surface area contributed by atoms with Crippen LogP contribution in [0.25, 0.3) is 0 Å². The van der Waals surface area contributed by atoms with Crippen molar-refractivity contribution in [1.82, 2.24) is 16.0 Å². The third-order valence-corrected chi connectivity index (χ3v) is 5.41. The summed E-state index contributed by atoms with van der Waals surface area (Å²) in [6.45, 7) is 5.95. The first-order chi connectivity index (χ1) is 12.5. The molecule has 1 atom stereocenters. The van der Waals surface area contributed by atoms with Gasteiger partial charge in [-0.3, -0.25) is 4.79 Å². The van der Waals surface area contributed by atoms with E-state index in [4.69, 9.17) is 0 Å². The van der Waals surface area contributed by atoms with Crippen LogP contribution < -0.4 is 16.0 Å². The highest BCUT2D eigenvalue weighted by Gasteiger charge is 2.23. The highest BCUT2D eigenvalue weighted by molar-refractivity contribution is 14.0. The van der Waals surface area contributed by atoms with Crippen LogP contribution in [0, 0.1) is 5.92 Å². The first-order valence-electron chi connectivity index (χ1n) is 9.58. The van der Waals surface area contributed by atoms with Crippen molar-refractivity contribution in [2.75, 3.05) is 26.2 Å². The monoisotopic (exact) mass is 508 g/mol. The van der Waals surface area contributed by atoms with Crippen molar-refractivity contribution in [3.8, 4) is 0 Å². The predicted octanol–water partition coefficient (Wildman–Crippen LogP) is 2.83. The summed E-state index contributed by atoms with van der Waals surface area (Å²) >= 11 is 1.56. The summed E-state index contributed by atoms with van der Waals surface area (Å²) in [6, 6.07) is 1.92. The number of aliphatic imine (C=N–C) groups is 1. The highest BCUT2D eigenvalue weighted by Crippen LogP contribution is 2.24. The van der Waals surface area contributed by atoms with Gasteiger partial charge in [-0.05, 0) is 49.1 Å². The second-order valence-electron chi connectivity index (χ2n) is 7.03. The van der Waals surface area contributed by atoms with Crippen LogP contribution in [0.2, 0.25) is 0 Å². The number of halogens is 1. The number of thiophene rings is 1. The normalized spacial score (nSPS) is 17.5. The fourth-order valence-electron chi connectivity index (χ4n) is 3.11. The predicted molar refractivity (Wildman–Crippen MR) is 123 cm³/mol. The van der Waals surface area contributed by atoms with Crippen molar-refractivity contribution in [2.45, 2.75) is 51.6 Å². The van der Waals surface area contributed by atoms with Gasteiger partial charge in [0.05, 0.1) is 6.54 Å². The molecule has 0 spiro atoms. The molecule has 1 saturated carbocycles. The molecule has 1 aliphatic carbocycles. The van der Waals surface area contributed by atoms with Crippen LogP contribution >= 0.6 is 35.3 Å². The maximum Gasteiger partial charge on any atom is 0.223 e. The number of amides is 1. The van der Waals surface area contributed by atoms with Crippen molar-refractivity contribution in [3.05, 3.63) is 22.4 Å². The lowest BCUT2D eigenvalue weighted by Gasteiger charge is -2.22. The minimum Gasteiger partial charge on any atom is -0.383 e. The van der Waals surface area contributed by atoms with E-state index in [1.54, 1.807) is 18.3 Å². The molecule has 1 amide bonds. The first-order valence-corrected chi connectivity index (χ1v) is 10.5. The zero-order valence-corrected chi connectivity index (χ0v) is 19.4. The molecule has 1 aliphatic rings. The number of carbonyl (C=O) groups excluding carboxylic acids is 1. The smallest absolute Gasteiger partial charge is 0.223 e. The zero-order chi connectivity index (χ0) is 18.8. The molecule has 0 radical (unpaired) electrons. The lowest BCUT2D eigenvalue weighted by Crippen LogP contribution is -2.43. The van der Waals surface area contributed by atoms with Gasteiger partial charge in [0.2, 0.25) is 5.91 Å². The Hall–Kier alpha value is -0.870. The molecule has 1 heterocycles. The van der Waals surface area contributed by atoms with Gasteiger partial charge in [-0.1, -0.05) is 19.3 Å². The maximum atomic E-state index is 12.1. The quantitative estimate of drug-likeness (QED) is 0.188. The van der Waals surface area contributed by atoms with Gasteiger partial charge >= 0.3 is 0 Å². The molecule has 0 aromatic carbocycles. The molecule has 27 heavy (non-hydrogen) atoms. The van der Waals surface area contributed by atoms with Crippen molar-refractivity contribution in [1.29, 1.82) is 0 Å². The Balaban J connectivity index is 0.00000364. The van der Waals surface area contributed by atoms with Crippen LogP contribution in [0.3, 0.4) is 0 Å². The highest BCUT2D eigenvalue weighted by atomic mass is 127. The third-order valence-electron chi connectivity index (χ3n) is 4.72. The lowest BCUT2D eigenvalue weighted by atomic mass is 9.89. The largest absolute Gasteiger partial charge is 0.383 e. The lowest BCUT2D eigenvalue weighted by molar-refractivity contribution is -0.125. The molecule has 2 rings (SSSR count). The number of rotatable bonds is 8. The SMILES string of the molecule is CCNC(=NCC(C)(O)c1ccsc1)NCCNC(=O)C1CCCCC1.I. The van der Waals surface area contributed by atoms with E-state index < -0.39 is 5.60 Å². The Bertz CT molecular complexity index is 572. The number of nitrogens with one attached hydrogen (secondary N) is 3. The van der Waals surface area contributed by atoms with Gasteiger partial charge in [0.15, 0.2) is 5.96 Å². The van der Waals surface area contributed by atoms with Gasteiger partial charge < -0.3 is 21.1 Å². The molecule has 0 bridgehead atoms. The number of nitrogens with zero attached hydrogens (tertiary/aromatic N) is 1. The first kappa shape index (κ1) is 24.2. The van der Waals surface area contributed by atoms with Crippen LogP contribution in [0.1, 0.15) is 51.5 Å². The molecular formula is C19H33IN4O2S. The fourth-order valence-corrected chi connectivity index (χ4v) is 3.90. The van der Waals surface area contributed by atoms with Crippen LogP contribution in [-0.2, 0) is 10.4 Å². The Kier molecular flexibility index (Phi) is 11.2. The molecule has 1 unspecified atom stereocenters. The number of carbonyl (C=O) groups is 1. The Morgan fingerprint density at radius 3 is 2.59 bits per heavy atom. The van der Waals surface area contributed by atoms with Crippen molar-refractivity contribution < 1.29 is 9.90 Å². The van der Waals surface area contributed by atoms with Crippen LogP contribution in [0.4, 0.5) is 0 Å². The van der Waals surface area contributed by atoms with E-state index in [0.717, 1.165) is 37.8 Å². The maximum absolute atomic E-state index is 12.1. The summed E-state index contributed by atoms with van der Waals surface area (Å²) in [4.78, 5) is 16.6. The molecular weight excluding hydrogens is 475 g/mol. The van der Waals surface area contributed by atoms with Crippen LogP contribution in [-0.4, -0.2) is 43.2 Å². The Labute approximate surface area is 183 Å². The number of aliphatic hydroxyl groups is 1. The van der Waals surface area contributed by atoms with E-state index in [2.05, 4.69) is 20.9 Å².